The number of carbonyl (C=O) groups is 2. The molecule has 0 saturated heterocycles. The van der Waals surface area contributed by atoms with Gasteiger partial charge in [-0.15, -0.1) is 0 Å². The van der Waals surface area contributed by atoms with Crippen LogP contribution in [0.5, 0.6) is 11.5 Å². The number of aliphatic imine (C=N–C) groups is 1. The number of rotatable bonds is 5. The van der Waals surface area contributed by atoms with E-state index in [0.717, 1.165) is 5.56 Å². The molecule has 162 valence electrons. The van der Waals surface area contributed by atoms with Crippen LogP contribution >= 0.6 is 23.2 Å². The number of methoxy groups -OCH3 is 1. The van der Waals surface area contributed by atoms with E-state index in [1.807, 2.05) is 0 Å². The van der Waals surface area contributed by atoms with E-state index in [1.54, 1.807) is 42.6 Å². The van der Waals surface area contributed by atoms with Gasteiger partial charge in [-0.25, -0.2) is 4.79 Å². The zero-order valence-corrected chi connectivity index (χ0v) is 18.2. The molecule has 7 nitrogen and oxygen atoms in total. The Balaban J connectivity index is 1.64. The number of amides is 1. The third kappa shape index (κ3) is 4.69. The maximum atomic E-state index is 12.8. The largest absolute Gasteiger partial charge is 0.465 e. The molecule has 0 saturated carbocycles. The molecule has 0 fully saturated rings. The van der Waals surface area contributed by atoms with Crippen molar-refractivity contribution in [3.05, 3.63) is 81.3 Å². The van der Waals surface area contributed by atoms with Gasteiger partial charge in [0.1, 0.15) is 0 Å². The van der Waals surface area contributed by atoms with E-state index < -0.39 is 11.9 Å². The summed E-state index contributed by atoms with van der Waals surface area (Å²) >= 11 is 12.1. The second-order valence-corrected chi connectivity index (χ2v) is 7.52. The fourth-order valence-electron chi connectivity index (χ4n) is 2.99. The molecule has 1 heterocycles. The molecule has 32 heavy (non-hydrogen) atoms. The number of anilines is 1. The van der Waals surface area contributed by atoms with E-state index in [0.29, 0.717) is 27.2 Å². The lowest BCUT2D eigenvalue weighted by Gasteiger charge is -2.10. The number of hydrogen-bond acceptors (Lipinski definition) is 6. The Morgan fingerprint density at radius 2 is 1.84 bits per heavy atom. The van der Waals surface area contributed by atoms with Gasteiger partial charge in [0, 0.05) is 16.8 Å². The third-order valence-electron chi connectivity index (χ3n) is 4.59. The molecule has 3 aromatic rings. The van der Waals surface area contributed by atoms with Crippen molar-refractivity contribution in [1.82, 2.24) is 0 Å². The molecule has 4 rings (SSSR count). The average molecular weight is 471 g/mol. The number of ether oxygens (including phenoxy) is 3. The van der Waals surface area contributed by atoms with Crippen LogP contribution in [0.3, 0.4) is 0 Å². The number of benzene rings is 3. The number of carbonyl (C=O) groups excluding carboxylic acids is 2. The van der Waals surface area contributed by atoms with E-state index >= 15 is 0 Å². The van der Waals surface area contributed by atoms with Gasteiger partial charge in [0.15, 0.2) is 11.5 Å². The van der Waals surface area contributed by atoms with Gasteiger partial charge >= 0.3 is 5.97 Å². The lowest BCUT2D eigenvalue weighted by molar-refractivity contribution is 0.0601. The molecular weight excluding hydrogens is 455 g/mol. The minimum atomic E-state index is -0.576. The van der Waals surface area contributed by atoms with Gasteiger partial charge in [-0.2, -0.15) is 0 Å². The average Bonchev–Trinajstić information content (AvgIpc) is 3.27. The van der Waals surface area contributed by atoms with E-state index in [9.17, 15) is 9.59 Å². The minimum Gasteiger partial charge on any atom is -0.465 e. The zero-order chi connectivity index (χ0) is 22.7. The summed E-state index contributed by atoms with van der Waals surface area (Å²) in [5.74, 6) is 0.238. The van der Waals surface area contributed by atoms with Crippen LogP contribution in [0.1, 0.15) is 26.3 Å². The highest BCUT2D eigenvalue weighted by Gasteiger charge is 2.17. The highest BCUT2D eigenvalue weighted by Crippen LogP contribution is 2.32. The maximum absolute atomic E-state index is 12.8. The van der Waals surface area contributed by atoms with Crippen molar-refractivity contribution in [2.24, 2.45) is 4.99 Å². The molecule has 9 heteroatoms. The van der Waals surface area contributed by atoms with Crippen molar-refractivity contribution in [1.29, 1.82) is 0 Å². The summed E-state index contributed by atoms with van der Waals surface area (Å²) in [6.07, 6.45) is 1.55. The summed E-state index contributed by atoms with van der Waals surface area (Å²) in [7, 11) is 1.27. The van der Waals surface area contributed by atoms with E-state index in [1.165, 1.54) is 25.3 Å². The number of fused-ring (bicyclic) bond motifs is 1. The molecule has 0 spiro atoms. The molecule has 1 aliphatic heterocycles. The van der Waals surface area contributed by atoms with Crippen LogP contribution in [0.15, 0.2) is 59.6 Å². The Labute approximate surface area is 193 Å². The first-order valence-electron chi connectivity index (χ1n) is 9.37. The fourth-order valence-corrected chi connectivity index (χ4v) is 3.32. The zero-order valence-electron chi connectivity index (χ0n) is 16.7. The predicted octanol–water partition coefficient (Wildman–Crippen LogP) is 5.51. The Morgan fingerprint density at radius 1 is 1.03 bits per heavy atom. The van der Waals surface area contributed by atoms with Crippen LogP contribution in [-0.2, 0) is 4.74 Å². The van der Waals surface area contributed by atoms with Crippen molar-refractivity contribution in [3.63, 3.8) is 0 Å². The van der Waals surface area contributed by atoms with Crippen molar-refractivity contribution >= 4 is 52.7 Å². The first kappa shape index (κ1) is 21.7. The first-order chi connectivity index (χ1) is 15.4. The van der Waals surface area contributed by atoms with Gasteiger partial charge in [0.2, 0.25) is 6.79 Å². The minimum absolute atomic E-state index is 0.163. The molecule has 1 amide bonds. The van der Waals surface area contributed by atoms with E-state index in [2.05, 4.69) is 10.3 Å². The normalized spacial score (nSPS) is 12.1. The summed E-state index contributed by atoms with van der Waals surface area (Å²) < 4.78 is 15.5. The quantitative estimate of drug-likeness (QED) is 0.392. The van der Waals surface area contributed by atoms with Crippen LogP contribution in [0.2, 0.25) is 10.0 Å². The van der Waals surface area contributed by atoms with Gasteiger partial charge < -0.3 is 19.5 Å². The Bertz CT molecular complexity index is 1240. The summed E-state index contributed by atoms with van der Waals surface area (Å²) in [5, 5.41) is 3.48. The van der Waals surface area contributed by atoms with Gasteiger partial charge in [0.05, 0.1) is 29.1 Å². The summed E-state index contributed by atoms with van der Waals surface area (Å²) in [6, 6.07) is 14.5. The monoisotopic (exact) mass is 470 g/mol. The van der Waals surface area contributed by atoms with Gasteiger partial charge in [-0.3, -0.25) is 9.79 Å². The predicted molar refractivity (Wildman–Crippen MR) is 122 cm³/mol. The van der Waals surface area contributed by atoms with Gasteiger partial charge in [0.25, 0.3) is 5.91 Å². The number of halogens is 2. The Kier molecular flexibility index (Phi) is 6.30. The molecule has 3 aromatic carbocycles. The smallest absolute Gasteiger partial charge is 0.340 e. The molecule has 0 aromatic heterocycles. The van der Waals surface area contributed by atoms with E-state index in [-0.39, 0.29) is 23.6 Å². The number of hydrogen-bond donors (Lipinski definition) is 1. The second-order valence-electron chi connectivity index (χ2n) is 6.67. The highest BCUT2D eigenvalue weighted by atomic mass is 35.5. The highest BCUT2D eigenvalue weighted by molar-refractivity contribution is 6.35. The maximum Gasteiger partial charge on any atom is 0.340 e. The molecule has 0 unspecified atom stereocenters. The molecule has 0 radical (unpaired) electrons. The number of esters is 1. The molecule has 1 aliphatic rings. The second kappa shape index (κ2) is 9.30. The fraction of sp³-hybridized carbons (Fsp3) is 0.0870. The third-order valence-corrected chi connectivity index (χ3v) is 5.16. The van der Waals surface area contributed by atoms with Gasteiger partial charge in [-0.05, 0) is 60.2 Å². The van der Waals surface area contributed by atoms with Crippen molar-refractivity contribution < 1.29 is 23.8 Å². The van der Waals surface area contributed by atoms with Crippen LogP contribution in [0, 0.1) is 0 Å². The molecule has 0 aliphatic carbocycles. The van der Waals surface area contributed by atoms with Crippen LogP contribution in [0.25, 0.3) is 0 Å². The van der Waals surface area contributed by atoms with E-state index in [4.69, 9.17) is 37.4 Å². The van der Waals surface area contributed by atoms with Crippen LogP contribution in [-0.4, -0.2) is 32.0 Å². The SMILES string of the molecule is COC(=O)c1ccc(C(=O)Nc2cc(Cl)ccc2Cl)cc1N=Cc1ccc2c(c1)OCO2. The molecule has 1 N–H and O–H groups in total. The standard InChI is InChI=1S/C23H16Cl2N2O5/c1-30-23(29)16-5-3-14(22(28)27-19-10-15(24)4-6-17(19)25)9-18(16)26-11-13-2-7-20-21(8-13)32-12-31-20/h2-11H,12H2,1H3,(H,27,28). The van der Waals surface area contributed by atoms with Crippen LogP contribution < -0.4 is 14.8 Å². The van der Waals surface area contributed by atoms with Crippen molar-refractivity contribution in [2.45, 2.75) is 0 Å². The Morgan fingerprint density at radius 3 is 2.66 bits per heavy atom. The Hall–Kier alpha value is -3.55. The topological polar surface area (TPSA) is 86.2 Å². The first-order valence-corrected chi connectivity index (χ1v) is 10.1. The summed E-state index contributed by atoms with van der Waals surface area (Å²) in [6.45, 7) is 0.163. The van der Waals surface area contributed by atoms with Crippen molar-refractivity contribution in [3.8, 4) is 11.5 Å². The molecule has 0 bridgehead atoms. The van der Waals surface area contributed by atoms with Gasteiger partial charge in [-0.1, -0.05) is 23.2 Å². The number of nitrogens with zero attached hydrogens (tertiary/aromatic N) is 1. The molecule has 0 atom stereocenters. The summed E-state index contributed by atoms with van der Waals surface area (Å²) in [5.41, 5.74) is 1.84. The van der Waals surface area contributed by atoms with Crippen LogP contribution in [0.4, 0.5) is 11.4 Å². The van der Waals surface area contributed by atoms with Crippen molar-refractivity contribution in [2.75, 3.05) is 19.2 Å². The lowest BCUT2D eigenvalue weighted by Crippen LogP contribution is -2.13. The lowest BCUT2D eigenvalue weighted by atomic mass is 10.1. The molecular formula is C23H16Cl2N2O5. The number of nitrogens with one attached hydrogen (secondary N) is 1. The summed E-state index contributed by atoms with van der Waals surface area (Å²) in [4.78, 5) is 29.4.